The first-order chi connectivity index (χ1) is 12.7. The minimum Gasteiger partial charge on any atom is -0.535 e. The Hall–Kier alpha value is -1.91. The molecule has 1 N–H and O–H groups in total. The monoisotopic (exact) mass is 398 g/mol. The summed E-state index contributed by atoms with van der Waals surface area (Å²) in [6.45, 7) is 1.25. The lowest BCUT2D eigenvalue weighted by Gasteiger charge is -2.28. The maximum Gasteiger partial charge on any atom is 0.526 e. The Balaban J connectivity index is 2.07. The van der Waals surface area contributed by atoms with Crippen molar-refractivity contribution in [3.05, 3.63) is 29.3 Å². The number of para-hydroxylation sites is 1. The molecule has 0 saturated heterocycles. The number of ether oxygens (including phenoxy) is 1. The summed E-state index contributed by atoms with van der Waals surface area (Å²) in [5.74, 6) is -0.977. The van der Waals surface area contributed by atoms with E-state index in [4.69, 9.17) is 9.39 Å². The van der Waals surface area contributed by atoms with E-state index in [1.165, 1.54) is 6.07 Å². The van der Waals surface area contributed by atoms with Crippen LogP contribution in [0.1, 0.15) is 48.5 Å². The zero-order chi connectivity index (χ0) is 20.0. The molecular formula is C17H23BO8S. The Kier molecular flexibility index (Phi) is 7.40. The van der Waals surface area contributed by atoms with Crippen molar-refractivity contribution in [1.82, 2.24) is 0 Å². The molecular weight excluding hydrogens is 375 g/mol. The molecule has 0 unspecified atom stereocenters. The van der Waals surface area contributed by atoms with Gasteiger partial charge in [-0.05, 0) is 24.5 Å². The fourth-order valence-corrected chi connectivity index (χ4v) is 3.05. The summed E-state index contributed by atoms with van der Waals surface area (Å²) in [5, 5.41) is 10.2. The van der Waals surface area contributed by atoms with Crippen molar-refractivity contribution < 1.29 is 36.6 Å². The molecule has 0 radical (unpaired) electrons. The number of ketones is 1. The van der Waals surface area contributed by atoms with Crippen molar-refractivity contribution in [2.75, 3.05) is 13.0 Å². The number of fused-ring (bicyclic) bond motifs is 1. The second kappa shape index (κ2) is 9.34. The fourth-order valence-electron chi connectivity index (χ4n) is 2.83. The predicted molar refractivity (Wildman–Crippen MR) is 97.9 cm³/mol. The molecule has 8 nitrogen and oxygen atoms in total. The fraction of sp³-hybridized carbons (Fsp3) is 0.529. The van der Waals surface area contributed by atoms with Crippen LogP contribution in [0, 0.1) is 0 Å². The van der Waals surface area contributed by atoms with E-state index in [1.54, 1.807) is 12.1 Å². The van der Waals surface area contributed by atoms with Gasteiger partial charge in [-0.2, -0.15) is 8.42 Å². The lowest BCUT2D eigenvalue weighted by Crippen LogP contribution is -2.36. The first kappa shape index (κ1) is 21.4. The molecule has 0 fully saturated rings. The summed E-state index contributed by atoms with van der Waals surface area (Å²) in [4.78, 5) is 24.2. The van der Waals surface area contributed by atoms with Crippen LogP contribution in [0.2, 0.25) is 5.82 Å². The molecule has 0 spiro atoms. The van der Waals surface area contributed by atoms with Crippen molar-refractivity contribution >= 4 is 29.0 Å². The van der Waals surface area contributed by atoms with Gasteiger partial charge in [0.05, 0.1) is 6.26 Å². The van der Waals surface area contributed by atoms with Crippen LogP contribution < -0.4 is 4.65 Å². The highest BCUT2D eigenvalue weighted by molar-refractivity contribution is 7.85. The quantitative estimate of drug-likeness (QED) is 0.289. The topological polar surface area (TPSA) is 116 Å². The number of carbonyl (C=O) groups is 2. The van der Waals surface area contributed by atoms with Gasteiger partial charge in [-0.25, -0.2) is 8.98 Å². The lowest BCUT2D eigenvalue weighted by molar-refractivity contribution is -0.119. The standard InChI is InChI=1S/C17H23BO8S/c1-3-4-7-14(19)10-13-9-12-6-5-8-15(16(12)26-18(13)21)17(20)24-11-25-27(2,22)23/h5-6,8,13,21H,3-4,7,9-11H2,1-2H3/t13-/m1/s1. The van der Waals surface area contributed by atoms with Gasteiger partial charge in [0.25, 0.3) is 10.1 Å². The molecule has 0 aromatic heterocycles. The van der Waals surface area contributed by atoms with Crippen LogP contribution >= 0.6 is 0 Å². The van der Waals surface area contributed by atoms with E-state index in [0.29, 0.717) is 18.4 Å². The van der Waals surface area contributed by atoms with Gasteiger partial charge < -0.3 is 14.4 Å². The van der Waals surface area contributed by atoms with E-state index in [0.717, 1.165) is 19.1 Å². The van der Waals surface area contributed by atoms with E-state index < -0.39 is 30.0 Å². The number of unbranched alkanes of at least 4 members (excludes halogenated alkanes) is 1. The van der Waals surface area contributed by atoms with Crippen LogP contribution in [0.3, 0.4) is 0 Å². The largest absolute Gasteiger partial charge is 0.535 e. The average molecular weight is 398 g/mol. The van der Waals surface area contributed by atoms with Gasteiger partial charge in [-0.15, -0.1) is 0 Å². The minimum absolute atomic E-state index is 0.0550. The lowest BCUT2D eigenvalue weighted by atomic mass is 9.64. The van der Waals surface area contributed by atoms with Crippen molar-refractivity contribution in [1.29, 1.82) is 0 Å². The summed E-state index contributed by atoms with van der Waals surface area (Å²) in [6.07, 6.45) is 3.64. The molecule has 1 atom stereocenters. The van der Waals surface area contributed by atoms with Gasteiger partial charge in [-0.1, -0.05) is 25.5 Å². The van der Waals surface area contributed by atoms with Crippen molar-refractivity contribution in [2.45, 2.75) is 44.8 Å². The third kappa shape index (κ3) is 6.33. The van der Waals surface area contributed by atoms with Crippen LogP contribution in [0.15, 0.2) is 18.2 Å². The first-order valence-electron chi connectivity index (χ1n) is 8.71. The first-order valence-corrected chi connectivity index (χ1v) is 10.5. The zero-order valence-corrected chi connectivity index (χ0v) is 16.2. The Morgan fingerprint density at radius 2 is 2.11 bits per heavy atom. The number of hydrogen-bond donors (Lipinski definition) is 1. The van der Waals surface area contributed by atoms with E-state index in [-0.39, 0.29) is 29.3 Å². The van der Waals surface area contributed by atoms with E-state index in [9.17, 15) is 23.0 Å². The highest BCUT2D eigenvalue weighted by Crippen LogP contribution is 2.36. The summed E-state index contributed by atoms with van der Waals surface area (Å²) < 4.78 is 36.5. The highest BCUT2D eigenvalue weighted by Gasteiger charge is 2.37. The summed E-state index contributed by atoms with van der Waals surface area (Å²) in [7, 11) is -4.95. The molecule has 1 heterocycles. The molecule has 27 heavy (non-hydrogen) atoms. The predicted octanol–water partition coefficient (Wildman–Crippen LogP) is 1.71. The molecule has 1 aromatic rings. The molecule has 10 heteroatoms. The summed E-state index contributed by atoms with van der Waals surface area (Å²) >= 11 is 0. The molecule has 1 aliphatic heterocycles. The maximum absolute atomic E-state index is 12.2. The second-order valence-corrected chi connectivity index (χ2v) is 8.13. The number of Topliss-reactive ketones (excluding diaryl/α,β-unsaturated/α-hetero) is 1. The van der Waals surface area contributed by atoms with Crippen molar-refractivity contribution in [3.8, 4) is 5.75 Å². The molecule has 148 valence electrons. The number of benzene rings is 1. The van der Waals surface area contributed by atoms with Crippen LogP contribution in [-0.4, -0.2) is 45.4 Å². The summed E-state index contributed by atoms with van der Waals surface area (Å²) in [6, 6.07) is 4.82. The number of rotatable bonds is 9. The van der Waals surface area contributed by atoms with E-state index >= 15 is 0 Å². The Bertz CT molecular complexity index is 792. The molecule has 0 amide bonds. The normalized spacial score (nSPS) is 16.4. The molecule has 1 aromatic carbocycles. The van der Waals surface area contributed by atoms with Gasteiger partial charge in [0, 0.05) is 18.7 Å². The van der Waals surface area contributed by atoms with Crippen LogP contribution in [-0.2, 0) is 30.3 Å². The molecule has 0 aliphatic carbocycles. The SMILES string of the molecule is CCCCC(=O)C[C@H]1Cc2cccc(C(=O)OCOS(C)(=O)=O)c2OB1O. The van der Waals surface area contributed by atoms with Gasteiger partial charge >= 0.3 is 13.1 Å². The van der Waals surface area contributed by atoms with Gasteiger partial charge in [-0.3, -0.25) is 4.79 Å². The van der Waals surface area contributed by atoms with E-state index in [2.05, 4.69) is 4.18 Å². The maximum atomic E-state index is 12.2. The van der Waals surface area contributed by atoms with Crippen molar-refractivity contribution in [3.63, 3.8) is 0 Å². The number of hydrogen-bond acceptors (Lipinski definition) is 8. The Labute approximate surface area is 159 Å². The minimum atomic E-state index is -3.73. The van der Waals surface area contributed by atoms with Crippen LogP contribution in [0.5, 0.6) is 5.75 Å². The Morgan fingerprint density at radius 3 is 2.78 bits per heavy atom. The van der Waals surface area contributed by atoms with E-state index in [1.807, 2.05) is 6.92 Å². The third-order valence-corrected chi connectivity index (χ3v) is 4.72. The smallest absolute Gasteiger partial charge is 0.526 e. The zero-order valence-electron chi connectivity index (χ0n) is 15.3. The molecule has 2 rings (SSSR count). The number of carbonyl (C=O) groups excluding carboxylic acids is 2. The van der Waals surface area contributed by atoms with Gasteiger partial charge in [0.15, 0.2) is 0 Å². The van der Waals surface area contributed by atoms with Crippen LogP contribution in [0.4, 0.5) is 0 Å². The molecule has 1 aliphatic rings. The van der Waals surface area contributed by atoms with Crippen LogP contribution in [0.25, 0.3) is 0 Å². The average Bonchev–Trinajstić information content (AvgIpc) is 2.59. The number of esters is 1. The molecule has 0 saturated carbocycles. The Morgan fingerprint density at radius 1 is 1.37 bits per heavy atom. The van der Waals surface area contributed by atoms with Gasteiger partial charge in [0.2, 0.25) is 6.79 Å². The molecule has 0 bridgehead atoms. The summed E-state index contributed by atoms with van der Waals surface area (Å²) in [5.41, 5.74) is 0.728. The van der Waals surface area contributed by atoms with Gasteiger partial charge in [0.1, 0.15) is 17.1 Å². The second-order valence-electron chi connectivity index (χ2n) is 6.48. The van der Waals surface area contributed by atoms with Crippen molar-refractivity contribution in [2.24, 2.45) is 0 Å². The highest BCUT2D eigenvalue weighted by atomic mass is 32.2. The third-order valence-electron chi connectivity index (χ3n) is 4.19.